The Morgan fingerprint density at radius 2 is 2.21 bits per heavy atom. The zero-order chi connectivity index (χ0) is 14.1. The first-order valence-electron chi connectivity index (χ1n) is 6.14. The number of nitrogens with one attached hydrogen (secondary N) is 1. The number of carbonyl (C=O) groups is 1. The predicted molar refractivity (Wildman–Crippen MR) is 74.4 cm³/mol. The second-order valence-electron chi connectivity index (χ2n) is 5.37. The van der Waals surface area contributed by atoms with Gasteiger partial charge in [0.2, 0.25) is 5.91 Å². The maximum absolute atomic E-state index is 11.9. The van der Waals surface area contributed by atoms with E-state index in [4.69, 9.17) is 5.73 Å². The van der Waals surface area contributed by atoms with Crippen molar-refractivity contribution in [1.29, 1.82) is 0 Å². The second kappa shape index (κ2) is 4.85. The summed E-state index contributed by atoms with van der Waals surface area (Å²) in [6.45, 7) is 1.77. The van der Waals surface area contributed by atoms with Crippen LogP contribution < -0.4 is 11.1 Å². The molecule has 1 aromatic carbocycles. The van der Waals surface area contributed by atoms with Gasteiger partial charge in [0.05, 0.1) is 23.5 Å². The Labute approximate surface area is 113 Å². The number of nitrogens with two attached hydrogens (primary N) is 1. The molecule has 0 radical (unpaired) electrons. The van der Waals surface area contributed by atoms with E-state index in [1.54, 1.807) is 25.1 Å². The van der Waals surface area contributed by atoms with Crippen molar-refractivity contribution in [3.05, 3.63) is 29.8 Å². The van der Waals surface area contributed by atoms with Gasteiger partial charge in [-0.25, -0.2) is 8.42 Å². The average Bonchev–Trinajstić information content (AvgIpc) is 2.52. The minimum Gasteiger partial charge on any atom is -0.399 e. The van der Waals surface area contributed by atoms with E-state index in [2.05, 4.69) is 5.32 Å². The number of amides is 1. The highest BCUT2D eigenvalue weighted by molar-refractivity contribution is 7.91. The Morgan fingerprint density at radius 3 is 2.79 bits per heavy atom. The van der Waals surface area contributed by atoms with Gasteiger partial charge in [0, 0.05) is 5.69 Å². The van der Waals surface area contributed by atoms with Crippen LogP contribution in [-0.4, -0.2) is 31.4 Å². The highest BCUT2D eigenvalue weighted by Gasteiger charge is 2.39. The number of rotatable bonds is 3. The van der Waals surface area contributed by atoms with Gasteiger partial charge in [0.1, 0.15) is 0 Å². The number of anilines is 1. The summed E-state index contributed by atoms with van der Waals surface area (Å²) in [6, 6.07) is 7.11. The molecule has 0 aromatic heterocycles. The third-order valence-electron chi connectivity index (χ3n) is 3.26. The van der Waals surface area contributed by atoms with E-state index in [1.807, 2.05) is 6.07 Å². The van der Waals surface area contributed by atoms with Crippen LogP contribution in [0, 0.1) is 0 Å². The van der Waals surface area contributed by atoms with Crippen LogP contribution in [0.25, 0.3) is 0 Å². The van der Waals surface area contributed by atoms with Gasteiger partial charge in [-0.3, -0.25) is 4.79 Å². The zero-order valence-corrected chi connectivity index (χ0v) is 11.7. The summed E-state index contributed by atoms with van der Waals surface area (Å²) < 4.78 is 22.9. The summed E-state index contributed by atoms with van der Waals surface area (Å²) in [6.07, 6.45) is 0.679. The number of benzene rings is 1. The highest BCUT2D eigenvalue weighted by atomic mass is 32.2. The zero-order valence-electron chi connectivity index (χ0n) is 10.8. The molecule has 0 bridgehead atoms. The highest BCUT2D eigenvalue weighted by Crippen LogP contribution is 2.23. The molecule has 104 valence electrons. The first-order chi connectivity index (χ1) is 8.78. The van der Waals surface area contributed by atoms with Gasteiger partial charge in [-0.15, -0.1) is 0 Å². The van der Waals surface area contributed by atoms with Crippen LogP contribution in [0.15, 0.2) is 24.3 Å². The van der Waals surface area contributed by atoms with Crippen LogP contribution in [0.1, 0.15) is 18.9 Å². The predicted octanol–water partition coefficient (Wildman–Crippen LogP) is 0.505. The largest absolute Gasteiger partial charge is 0.399 e. The molecule has 3 N–H and O–H groups in total. The van der Waals surface area contributed by atoms with Crippen LogP contribution in [0.5, 0.6) is 0 Å². The molecule has 1 amide bonds. The van der Waals surface area contributed by atoms with E-state index in [0.717, 1.165) is 5.56 Å². The Kier molecular flexibility index (Phi) is 3.54. The van der Waals surface area contributed by atoms with Crippen molar-refractivity contribution >= 4 is 21.4 Å². The van der Waals surface area contributed by atoms with Crippen molar-refractivity contribution in [2.24, 2.45) is 0 Å². The van der Waals surface area contributed by atoms with Gasteiger partial charge in [0.15, 0.2) is 9.84 Å². The molecule has 1 unspecified atom stereocenters. The molecule has 1 saturated heterocycles. The molecule has 1 aromatic rings. The standard InChI is InChI=1S/C13H18N2O3S/c1-13(5-6-19(17,18)9-13)15-12(16)8-10-3-2-4-11(14)7-10/h2-4,7H,5-6,8-9,14H2,1H3,(H,15,16). The monoisotopic (exact) mass is 282 g/mol. The van der Waals surface area contributed by atoms with Gasteiger partial charge < -0.3 is 11.1 Å². The molecule has 2 rings (SSSR count). The molecule has 1 aliphatic heterocycles. The van der Waals surface area contributed by atoms with Crippen molar-refractivity contribution in [3.8, 4) is 0 Å². The molecular formula is C13H18N2O3S. The van der Waals surface area contributed by atoms with Crippen molar-refractivity contribution in [2.45, 2.75) is 25.3 Å². The topological polar surface area (TPSA) is 89.3 Å². The minimum atomic E-state index is -3.01. The summed E-state index contributed by atoms with van der Waals surface area (Å²) >= 11 is 0. The van der Waals surface area contributed by atoms with Crippen molar-refractivity contribution in [3.63, 3.8) is 0 Å². The van der Waals surface area contributed by atoms with E-state index in [0.29, 0.717) is 12.1 Å². The fourth-order valence-electron chi connectivity index (χ4n) is 2.38. The van der Waals surface area contributed by atoms with Gasteiger partial charge in [-0.05, 0) is 31.0 Å². The minimum absolute atomic E-state index is 0.0165. The fourth-order valence-corrected chi connectivity index (χ4v) is 4.47. The van der Waals surface area contributed by atoms with Crippen molar-refractivity contribution in [2.75, 3.05) is 17.2 Å². The van der Waals surface area contributed by atoms with E-state index in [9.17, 15) is 13.2 Å². The summed E-state index contributed by atoms with van der Waals surface area (Å²) in [4.78, 5) is 11.9. The first-order valence-corrected chi connectivity index (χ1v) is 7.96. The smallest absolute Gasteiger partial charge is 0.224 e. The third-order valence-corrected chi connectivity index (χ3v) is 5.16. The van der Waals surface area contributed by atoms with Crippen LogP contribution in [0.4, 0.5) is 5.69 Å². The average molecular weight is 282 g/mol. The van der Waals surface area contributed by atoms with Gasteiger partial charge in [-0.1, -0.05) is 12.1 Å². The van der Waals surface area contributed by atoms with Crippen LogP contribution in [0.3, 0.4) is 0 Å². The lowest BCUT2D eigenvalue weighted by atomic mass is 10.0. The lowest BCUT2D eigenvalue weighted by molar-refractivity contribution is -0.121. The van der Waals surface area contributed by atoms with Crippen molar-refractivity contribution < 1.29 is 13.2 Å². The van der Waals surface area contributed by atoms with E-state index in [1.165, 1.54) is 0 Å². The van der Waals surface area contributed by atoms with Crippen LogP contribution in [0.2, 0.25) is 0 Å². The summed E-state index contributed by atoms with van der Waals surface area (Å²) in [7, 11) is -3.01. The molecule has 1 atom stereocenters. The number of nitrogen functional groups attached to an aromatic ring is 1. The molecule has 1 aliphatic rings. The lowest BCUT2D eigenvalue weighted by Gasteiger charge is -2.23. The Hall–Kier alpha value is -1.56. The molecular weight excluding hydrogens is 264 g/mol. The van der Waals surface area contributed by atoms with Crippen LogP contribution in [-0.2, 0) is 21.1 Å². The van der Waals surface area contributed by atoms with Crippen molar-refractivity contribution in [1.82, 2.24) is 5.32 Å². The van der Waals surface area contributed by atoms with Gasteiger partial charge >= 0.3 is 0 Å². The summed E-state index contributed by atoms with van der Waals surface area (Å²) in [5.41, 5.74) is 6.44. The summed E-state index contributed by atoms with van der Waals surface area (Å²) in [5.74, 6) is -0.0183. The van der Waals surface area contributed by atoms with Gasteiger partial charge in [-0.2, -0.15) is 0 Å². The SMILES string of the molecule is CC1(NC(=O)Cc2cccc(N)c2)CCS(=O)(=O)C1. The Morgan fingerprint density at radius 1 is 1.47 bits per heavy atom. The van der Waals surface area contributed by atoms with Gasteiger partial charge in [0.25, 0.3) is 0 Å². The van der Waals surface area contributed by atoms with Crippen LogP contribution >= 0.6 is 0 Å². The Balaban J connectivity index is 1.99. The quantitative estimate of drug-likeness (QED) is 0.790. The van der Waals surface area contributed by atoms with E-state index < -0.39 is 15.4 Å². The summed E-state index contributed by atoms with van der Waals surface area (Å²) in [5, 5.41) is 2.82. The Bertz CT molecular complexity index is 598. The molecule has 6 heteroatoms. The lowest BCUT2D eigenvalue weighted by Crippen LogP contribution is -2.47. The number of hydrogen-bond donors (Lipinski definition) is 2. The second-order valence-corrected chi connectivity index (χ2v) is 7.56. The molecule has 5 nitrogen and oxygen atoms in total. The van der Waals surface area contributed by atoms with E-state index >= 15 is 0 Å². The molecule has 1 heterocycles. The molecule has 0 spiro atoms. The molecule has 19 heavy (non-hydrogen) atoms. The maximum atomic E-state index is 11.9. The number of sulfone groups is 1. The first kappa shape index (κ1) is 13.9. The molecule has 0 saturated carbocycles. The number of carbonyl (C=O) groups excluding carboxylic acids is 1. The normalized spacial score (nSPS) is 25.1. The number of hydrogen-bond acceptors (Lipinski definition) is 4. The van der Waals surface area contributed by atoms with E-state index in [-0.39, 0.29) is 23.8 Å². The third kappa shape index (κ3) is 3.70. The fraction of sp³-hybridized carbons (Fsp3) is 0.462. The molecule has 1 fully saturated rings. The maximum Gasteiger partial charge on any atom is 0.224 e. The molecule has 0 aliphatic carbocycles.